The third-order valence-corrected chi connectivity index (χ3v) is 2.22. The van der Waals surface area contributed by atoms with Crippen molar-refractivity contribution in [2.75, 3.05) is 32.5 Å². The lowest BCUT2D eigenvalue weighted by Gasteiger charge is -2.27. The number of nitrogens with two attached hydrogens (primary N) is 1. The Morgan fingerprint density at radius 2 is 2.17 bits per heavy atom. The molecule has 0 fully saturated rings. The number of nitrogens with zero attached hydrogens (tertiary/aromatic N) is 3. The molecule has 18 heavy (non-hydrogen) atoms. The Labute approximate surface area is 106 Å². The summed E-state index contributed by atoms with van der Waals surface area (Å²) < 4.78 is 0. The van der Waals surface area contributed by atoms with Crippen LogP contribution < -0.4 is 11.1 Å². The van der Waals surface area contributed by atoms with E-state index in [1.165, 1.54) is 6.07 Å². The molecule has 1 atom stereocenters. The van der Waals surface area contributed by atoms with E-state index >= 15 is 0 Å². The van der Waals surface area contributed by atoms with Crippen molar-refractivity contribution in [1.82, 2.24) is 15.1 Å². The molecule has 100 valence electrons. The van der Waals surface area contributed by atoms with Gasteiger partial charge in [0.25, 0.3) is 5.91 Å². The number of hydrogen-bond donors (Lipinski definition) is 3. The van der Waals surface area contributed by atoms with Gasteiger partial charge in [-0.2, -0.15) is 0 Å². The van der Waals surface area contributed by atoms with Crippen molar-refractivity contribution in [2.24, 2.45) is 5.73 Å². The van der Waals surface area contributed by atoms with Crippen LogP contribution in [0.4, 0.5) is 5.82 Å². The number of anilines is 1. The molecule has 0 aliphatic heterocycles. The molecule has 0 spiro atoms. The third kappa shape index (κ3) is 4.64. The highest BCUT2D eigenvalue weighted by Crippen LogP contribution is 2.07. The van der Waals surface area contributed by atoms with Crippen LogP contribution in [0, 0.1) is 0 Å². The molecule has 4 N–H and O–H groups in total. The fourth-order valence-corrected chi connectivity index (χ4v) is 1.58. The van der Waals surface area contributed by atoms with E-state index in [1.54, 1.807) is 13.0 Å². The van der Waals surface area contributed by atoms with Crippen LogP contribution in [0.1, 0.15) is 17.4 Å². The summed E-state index contributed by atoms with van der Waals surface area (Å²) in [4.78, 5) is 12.7. The van der Waals surface area contributed by atoms with Crippen LogP contribution in [0.3, 0.4) is 0 Å². The zero-order chi connectivity index (χ0) is 13.8. The van der Waals surface area contributed by atoms with Crippen molar-refractivity contribution in [3.05, 3.63) is 17.8 Å². The summed E-state index contributed by atoms with van der Waals surface area (Å²) in [5.74, 6) is -0.132. The zero-order valence-electron chi connectivity index (χ0n) is 10.8. The maximum Gasteiger partial charge on any atom is 0.269 e. The molecule has 7 heteroatoms. The maximum atomic E-state index is 10.8. The molecule has 0 bridgehead atoms. The summed E-state index contributed by atoms with van der Waals surface area (Å²) in [6.07, 6.45) is 0. The van der Waals surface area contributed by atoms with Crippen LogP contribution in [0.25, 0.3) is 0 Å². The number of aromatic nitrogens is 2. The van der Waals surface area contributed by atoms with Gasteiger partial charge in [-0.3, -0.25) is 4.79 Å². The number of rotatable bonds is 6. The lowest BCUT2D eigenvalue weighted by Crippen LogP contribution is -2.43. The molecule has 1 amide bonds. The summed E-state index contributed by atoms with van der Waals surface area (Å²) in [6.45, 7) is 2.58. The zero-order valence-corrected chi connectivity index (χ0v) is 10.8. The van der Waals surface area contributed by atoms with Crippen molar-refractivity contribution >= 4 is 11.7 Å². The van der Waals surface area contributed by atoms with E-state index < -0.39 is 11.5 Å². The molecule has 1 aromatic heterocycles. The number of nitrogens with one attached hydrogen (secondary N) is 1. The number of hydrogen-bond acceptors (Lipinski definition) is 6. The lowest BCUT2D eigenvalue weighted by atomic mass is 10.1. The Kier molecular flexibility index (Phi) is 4.57. The van der Waals surface area contributed by atoms with E-state index in [2.05, 4.69) is 15.5 Å². The monoisotopic (exact) mass is 253 g/mol. The number of carbonyl (C=O) groups is 1. The van der Waals surface area contributed by atoms with Crippen LogP contribution in [0.15, 0.2) is 12.1 Å². The SMILES string of the molecule is CN(C)CC(C)(O)CNc1ccc(C(N)=O)nn1. The van der Waals surface area contributed by atoms with Gasteiger partial charge in [-0.1, -0.05) is 0 Å². The Morgan fingerprint density at radius 1 is 1.50 bits per heavy atom. The van der Waals surface area contributed by atoms with E-state index in [9.17, 15) is 9.90 Å². The summed E-state index contributed by atoms with van der Waals surface area (Å²) in [5.41, 5.74) is 4.28. The van der Waals surface area contributed by atoms with Gasteiger partial charge >= 0.3 is 0 Å². The molecule has 0 saturated heterocycles. The fourth-order valence-electron chi connectivity index (χ4n) is 1.58. The van der Waals surface area contributed by atoms with Gasteiger partial charge in [0.05, 0.1) is 5.60 Å². The van der Waals surface area contributed by atoms with Gasteiger partial charge in [0.15, 0.2) is 5.69 Å². The summed E-state index contributed by atoms with van der Waals surface area (Å²) >= 11 is 0. The van der Waals surface area contributed by atoms with Crippen molar-refractivity contribution < 1.29 is 9.90 Å². The molecule has 0 aromatic carbocycles. The van der Waals surface area contributed by atoms with Gasteiger partial charge in [0, 0.05) is 13.1 Å². The molecule has 7 nitrogen and oxygen atoms in total. The molecule has 1 rings (SSSR count). The average Bonchev–Trinajstić information content (AvgIpc) is 2.25. The molecular weight excluding hydrogens is 234 g/mol. The molecule has 0 aliphatic rings. The fraction of sp³-hybridized carbons (Fsp3) is 0.545. The number of aliphatic hydroxyl groups is 1. The van der Waals surface area contributed by atoms with Crippen molar-refractivity contribution in [1.29, 1.82) is 0 Å². The minimum absolute atomic E-state index is 0.112. The molecule has 0 radical (unpaired) electrons. The Morgan fingerprint density at radius 3 is 2.61 bits per heavy atom. The van der Waals surface area contributed by atoms with E-state index in [0.717, 1.165) is 0 Å². The van der Waals surface area contributed by atoms with Gasteiger partial charge in [-0.15, -0.1) is 10.2 Å². The molecule has 1 unspecified atom stereocenters. The van der Waals surface area contributed by atoms with Gasteiger partial charge < -0.3 is 21.1 Å². The average molecular weight is 253 g/mol. The van der Waals surface area contributed by atoms with Crippen LogP contribution >= 0.6 is 0 Å². The molecular formula is C11H19N5O2. The summed E-state index contributed by atoms with van der Waals surface area (Å²) in [7, 11) is 3.77. The molecule has 0 aliphatic carbocycles. The molecule has 1 aromatic rings. The number of primary amides is 1. The molecule has 1 heterocycles. The van der Waals surface area contributed by atoms with E-state index in [1.807, 2.05) is 19.0 Å². The van der Waals surface area contributed by atoms with E-state index in [0.29, 0.717) is 18.9 Å². The Balaban J connectivity index is 2.55. The predicted molar refractivity (Wildman–Crippen MR) is 68.2 cm³/mol. The van der Waals surface area contributed by atoms with Crippen LogP contribution in [-0.2, 0) is 0 Å². The second kappa shape index (κ2) is 5.74. The van der Waals surface area contributed by atoms with Crippen molar-refractivity contribution in [3.8, 4) is 0 Å². The first-order chi connectivity index (χ1) is 8.30. The highest BCUT2D eigenvalue weighted by Gasteiger charge is 2.21. The normalized spacial score (nSPS) is 14.3. The van der Waals surface area contributed by atoms with Crippen LogP contribution in [-0.4, -0.2) is 58.9 Å². The van der Waals surface area contributed by atoms with E-state index in [-0.39, 0.29) is 5.69 Å². The quantitative estimate of drug-likeness (QED) is 0.619. The largest absolute Gasteiger partial charge is 0.387 e. The maximum absolute atomic E-state index is 10.8. The van der Waals surface area contributed by atoms with Gasteiger partial charge in [0.1, 0.15) is 5.82 Å². The minimum Gasteiger partial charge on any atom is -0.387 e. The highest BCUT2D eigenvalue weighted by molar-refractivity contribution is 5.90. The first kappa shape index (κ1) is 14.3. The van der Waals surface area contributed by atoms with Crippen molar-refractivity contribution in [3.63, 3.8) is 0 Å². The summed E-state index contributed by atoms with van der Waals surface area (Å²) in [6, 6.07) is 3.08. The van der Waals surface area contributed by atoms with Gasteiger partial charge in [-0.25, -0.2) is 0 Å². The molecule has 0 saturated carbocycles. The number of amides is 1. The van der Waals surface area contributed by atoms with Gasteiger partial charge in [-0.05, 0) is 33.2 Å². The minimum atomic E-state index is -0.881. The van der Waals surface area contributed by atoms with Crippen LogP contribution in [0.5, 0.6) is 0 Å². The Hall–Kier alpha value is -1.73. The second-order valence-electron chi connectivity index (χ2n) is 4.76. The topological polar surface area (TPSA) is 104 Å². The first-order valence-electron chi connectivity index (χ1n) is 5.55. The predicted octanol–water partition coefficient (Wildman–Crippen LogP) is -0.700. The summed E-state index contributed by atoms with van der Waals surface area (Å²) in [5, 5.41) is 20.5. The van der Waals surface area contributed by atoms with E-state index in [4.69, 9.17) is 5.73 Å². The number of carbonyl (C=O) groups excluding carboxylic acids is 1. The lowest BCUT2D eigenvalue weighted by molar-refractivity contribution is 0.0459. The van der Waals surface area contributed by atoms with Gasteiger partial charge in [0.2, 0.25) is 0 Å². The highest BCUT2D eigenvalue weighted by atomic mass is 16.3. The second-order valence-corrected chi connectivity index (χ2v) is 4.76. The Bertz CT molecular complexity index is 402. The number of likely N-dealkylation sites (N-methyl/N-ethyl adjacent to an activating group) is 1. The first-order valence-corrected chi connectivity index (χ1v) is 5.55. The van der Waals surface area contributed by atoms with Crippen molar-refractivity contribution in [2.45, 2.75) is 12.5 Å². The van der Waals surface area contributed by atoms with Crippen LogP contribution in [0.2, 0.25) is 0 Å². The third-order valence-electron chi connectivity index (χ3n) is 2.22. The standard InChI is InChI=1S/C11H19N5O2/c1-11(18,7-16(2)3)6-13-9-5-4-8(10(12)17)14-15-9/h4-5,18H,6-7H2,1-3H3,(H2,12,17)(H,13,15). The smallest absolute Gasteiger partial charge is 0.269 e.